The molecular weight excluding hydrogens is 317 g/mol. The summed E-state index contributed by atoms with van der Waals surface area (Å²) in [6.45, 7) is 0.786. The van der Waals surface area contributed by atoms with E-state index in [-0.39, 0.29) is 36.7 Å². The second-order valence-corrected chi connectivity index (χ2v) is 5.47. The van der Waals surface area contributed by atoms with Gasteiger partial charge in [0.05, 0.1) is 31.2 Å². The minimum atomic E-state index is -1.00. The van der Waals surface area contributed by atoms with Crippen LogP contribution in [0.15, 0.2) is 40.8 Å². The molecule has 3 rings (SSSR count). The van der Waals surface area contributed by atoms with E-state index in [9.17, 15) is 14.0 Å². The van der Waals surface area contributed by atoms with Crippen molar-refractivity contribution in [2.24, 2.45) is 0 Å². The molecule has 2 heterocycles. The standard InChI is InChI=1S/C17H16FNO5/c18-13-4-2-1-3-12(13)14-5-6-15(24-14)17(22)19-7-8-23-10-11(19)9-16(20)21/h1-6,11H,7-10H2,(H,20,21). The summed E-state index contributed by atoms with van der Waals surface area (Å²) in [5.74, 6) is -1.58. The Bertz CT molecular complexity index is 757. The molecule has 1 aromatic carbocycles. The monoisotopic (exact) mass is 333 g/mol. The Kier molecular flexibility index (Phi) is 4.61. The molecule has 1 aromatic heterocycles. The Morgan fingerprint density at radius 1 is 1.25 bits per heavy atom. The molecule has 126 valence electrons. The lowest BCUT2D eigenvalue weighted by Gasteiger charge is -2.34. The van der Waals surface area contributed by atoms with Crippen LogP contribution in [0.25, 0.3) is 11.3 Å². The number of carbonyl (C=O) groups excluding carboxylic acids is 1. The van der Waals surface area contributed by atoms with E-state index >= 15 is 0 Å². The average Bonchev–Trinajstić information content (AvgIpc) is 3.04. The second-order valence-electron chi connectivity index (χ2n) is 5.47. The summed E-state index contributed by atoms with van der Waals surface area (Å²) >= 11 is 0. The number of carboxylic acid groups (broad SMARTS) is 1. The van der Waals surface area contributed by atoms with Gasteiger partial charge in [-0.25, -0.2) is 4.39 Å². The number of carboxylic acids is 1. The van der Waals surface area contributed by atoms with Crippen LogP contribution in [0.5, 0.6) is 0 Å². The summed E-state index contributed by atoms with van der Waals surface area (Å²) in [6, 6.07) is 8.56. The SMILES string of the molecule is O=C(O)CC1COCCN1C(=O)c1ccc(-c2ccccc2F)o1. The van der Waals surface area contributed by atoms with Gasteiger partial charge in [-0.1, -0.05) is 12.1 Å². The minimum Gasteiger partial charge on any atom is -0.481 e. The van der Waals surface area contributed by atoms with Crippen molar-refractivity contribution in [2.45, 2.75) is 12.5 Å². The number of rotatable bonds is 4. The number of furan rings is 1. The lowest BCUT2D eigenvalue weighted by atomic mass is 10.1. The van der Waals surface area contributed by atoms with Crippen molar-refractivity contribution in [3.05, 3.63) is 48.0 Å². The highest BCUT2D eigenvalue weighted by atomic mass is 19.1. The number of carbonyl (C=O) groups is 2. The highest BCUT2D eigenvalue weighted by molar-refractivity contribution is 5.92. The van der Waals surface area contributed by atoms with Crippen LogP contribution in [0.2, 0.25) is 0 Å². The van der Waals surface area contributed by atoms with Gasteiger partial charge in [0, 0.05) is 6.54 Å². The first kappa shape index (κ1) is 16.2. The van der Waals surface area contributed by atoms with Gasteiger partial charge in [0.15, 0.2) is 5.76 Å². The maximum Gasteiger partial charge on any atom is 0.305 e. The van der Waals surface area contributed by atoms with Crippen LogP contribution in [-0.4, -0.2) is 47.7 Å². The number of hydrogen-bond donors (Lipinski definition) is 1. The quantitative estimate of drug-likeness (QED) is 0.929. The molecule has 6 nitrogen and oxygen atoms in total. The van der Waals surface area contributed by atoms with Crippen molar-refractivity contribution in [3.8, 4) is 11.3 Å². The molecule has 1 aliphatic rings. The van der Waals surface area contributed by atoms with Crippen LogP contribution in [-0.2, 0) is 9.53 Å². The molecule has 7 heteroatoms. The lowest BCUT2D eigenvalue weighted by molar-refractivity contribution is -0.139. The second kappa shape index (κ2) is 6.84. The summed E-state index contributed by atoms with van der Waals surface area (Å²) in [6.07, 6.45) is -0.202. The number of ether oxygens (including phenoxy) is 1. The molecule has 1 saturated heterocycles. The zero-order valence-electron chi connectivity index (χ0n) is 12.8. The van der Waals surface area contributed by atoms with Crippen molar-refractivity contribution < 1.29 is 28.2 Å². The molecule has 1 fully saturated rings. The molecule has 0 bridgehead atoms. The molecule has 0 saturated carbocycles. The third kappa shape index (κ3) is 3.30. The normalized spacial score (nSPS) is 17.7. The Hall–Kier alpha value is -2.67. The summed E-state index contributed by atoms with van der Waals surface area (Å²) in [5.41, 5.74) is 0.264. The van der Waals surface area contributed by atoms with Gasteiger partial charge in [-0.15, -0.1) is 0 Å². The van der Waals surface area contributed by atoms with Gasteiger partial charge >= 0.3 is 5.97 Å². The summed E-state index contributed by atoms with van der Waals surface area (Å²) in [7, 11) is 0. The van der Waals surface area contributed by atoms with Gasteiger partial charge in [-0.05, 0) is 24.3 Å². The van der Waals surface area contributed by atoms with Crippen molar-refractivity contribution in [1.82, 2.24) is 4.90 Å². The average molecular weight is 333 g/mol. The molecule has 0 aliphatic carbocycles. The van der Waals surface area contributed by atoms with Crippen molar-refractivity contribution >= 4 is 11.9 Å². The number of amides is 1. The first-order valence-electron chi connectivity index (χ1n) is 7.51. The fraction of sp³-hybridized carbons (Fsp3) is 0.294. The van der Waals surface area contributed by atoms with Gasteiger partial charge in [-0.3, -0.25) is 9.59 Å². The van der Waals surface area contributed by atoms with Gasteiger partial charge in [0.1, 0.15) is 11.6 Å². The van der Waals surface area contributed by atoms with Crippen LogP contribution < -0.4 is 0 Å². The van der Waals surface area contributed by atoms with Crippen LogP contribution in [0.3, 0.4) is 0 Å². The molecule has 24 heavy (non-hydrogen) atoms. The summed E-state index contributed by atoms with van der Waals surface area (Å²) < 4.78 is 24.6. The third-order valence-corrected chi connectivity index (χ3v) is 3.85. The number of benzene rings is 1. The third-order valence-electron chi connectivity index (χ3n) is 3.85. The highest BCUT2D eigenvalue weighted by Gasteiger charge is 2.31. The largest absolute Gasteiger partial charge is 0.481 e. The number of nitrogens with zero attached hydrogens (tertiary/aromatic N) is 1. The zero-order valence-corrected chi connectivity index (χ0v) is 12.8. The van der Waals surface area contributed by atoms with E-state index in [1.54, 1.807) is 18.2 Å². The van der Waals surface area contributed by atoms with E-state index in [1.165, 1.54) is 23.1 Å². The van der Waals surface area contributed by atoms with Gasteiger partial charge in [0.25, 0.3) is 5.91 Å². The number of hydrogen-bond acceptors (Lipinski definition) is 4. The number of aliphatic carboxylic acids is 1. The highest BCUT2D eigenvalue weighted by Crippen LogP contribution is 2.26. The minimum absolute atomic E-state index is 0.0468. The van der Waals surface area contributed by atoms with Crippen LogP contribution in [0.4, 0.5) is 4.39 Å². The Balaban J connectivity index is 1.82. The lowest BCUT2D eigenvalue weighted by Crippen LogP contribution is -2.49. The number of morpholine rings is 1. The fourth-order valence-electron chi connectivity index (χ4n) is 2.69. The van der Waals surface area contributed by atoms with E-state index in [1.807, 2.05) is 0 Å². The predicted molar refractivity (Wildman–Crippen MR) is 82.0 cm³/mol. The van der Waals surface area contributed by atoms with E-state index in [2.05, 4.69) is 0 Å². The van der Waals surface area contributed by atoms with E-state index in [0.29, 0.717) is 6.61 Å². The predicted octanol–water partition coefficient (Wildman–Crippen LogP) is 2.40. The molecular formula is C17H16FNO5. The van der Waals surface area contributed by atoms with Crippen molar-refractivity contribution in [1.29, 1.82) is 0 Å². The molecule has 1 amide bonds. The smallest absolute Gasteiger partial charge is 0.305 e. The van der Waals surface area contributed by atoms with E-state index in [4.69, 9.17) is 14.3 Å². The molecule has 0 spiro atoms. The maximum absolute atomic E-state index is 13.8. The first-order valence-corrected chi connectivity index (χ1v) is 7.51. The first-order chi connectivity index (χ1) is 11.6. The Labute approximate surface area is 137 Å². The van der Waals surface area contributed by atoms with E-state index < -0.39 is 23.7 Å². The molecule has 1 aliphatic heterocycles. The van der Waals surface area contributed by atoms with Gasteiger partial charge in [-0.2, -0.15) is 0 Å². The Morgan fingerprint density at radius 3 is 2.79 bits per heavy atom. The molecule has 2 aromatic rings. The summed E-state index contributed by atoms with van der Waals surface area (Å²) in [5, 5.41) is 8.96. The maximum atomic E-state index is 13.8. The molecule has 1 atom stereocenters. The number of halogens is 1. The van der Waals surface area contributed by atoms with Crippen molar-refractivity contribution in [3.63, 3.8) is 0 Å². The fourth-order valence-corrected chi connectivity index (χ4v) is 2.69. The molecule has 1 N–H and O–H groups in total. The van der Waals surface area contributed by atoms with Gasteiger partial charge in [0.2, 0.25) is 0 Å². The Morgan fingerprint density at radius 2 is 2.04 bits per heavy atom. The summed E-state index contributed by atoms with van der Waals surface area (Å²) in [4.78, 5) is 25.0. The molecule has 0 radical (unpaired) electrons. The van der Waals surface area contributed by atoms with Crippen LogP contribution in [0, 0.1) is 5.82 Å². The van der Waals surface area contributed by atoms with Crippen LogP contribution in [0.1, 0.15) is 17.0 Å². The van der Waals surface area contributed by atoms with E-state index in [0.717, 1.165) is 0 Å². The topological polar surface area (TPSA) is 80.0 Å². The van der Waals surface area contributed by atoms with Crippen molar-refractivity contribution in [2.75, 3.05) is 19.8 Å². The van der Waals surface area contributed by atoms with Crippen LogP contribution >= 0.6 is 0 Å². The zero-order chi connectivity index (χ0) is 17.1. The van der Waals surface area contributed by atoms with Gasteiger partial charge < -0.3 is 19.2 Å². The molecule has 1 unspecified atom stereocenters.